The molecule has 0 saturated carbocycles. The van der Waals surface area contributed by atoms with Crippen LogP contribution in [0.25, 0.3) is 11.3 Å². The Morgan fingerprint density at radius 2 is 1.67 bits per heavy atom. The third-order valence-corrected chi connectivity index (χ3v) is 3.10. The van der Waals surface area contributed by atoms with Crippen LogP contribution in [0.2, 0.25) is 0 Å². The van der Waals surface area contributed by atoms with Gasteiger partial charge in [-0.25, -0.2) is 0 Å². The van der Waals surface area contributed by atoms with Gasteiger partial charge >= 0.3 is 0 Å². The molecule has 0 unspecified atom stereocenters. The number of rotatable bonds is 4. The van der Waals surface area contributed by atoms with E-state index in [1.54, 1.807) is 6.07 Å². The summed E-state index contributed by atoms with van der Waals surface area (Å²) in [6.45, 7) is 0.465. The third kappa shape index (κ3) is 3.17. The van der Waals surface area contributed by atoms with E-state index in [4.69, 9.17) is 4.52 Å². The zero-order valence-electron chi connectivity index (χ0n) is 11.3. The summed E-state index contributed by atoms with van der Waals surface area (Å²) < 4.78 is 5.21. The van der Waals surface area contributed by atoms with Gasteiger partial charge in [0.05, 0.1) is 0 Å². The highest BCUT2D eigenvalue weighted by molar-refractivity contribution is 5.93. The van der Waals surface area contributed by atoms with E-state index in [9.17, 15) is 4.79 Å². The maximum Gasteiger partial charge on any atom is 0.273 e. The molecule has 0 aliphatic rings. The second-order valence-corrected chi connectivity index (χ2v) is 4.61. The van der Waals surface area contributed by atoms with Crippen LogP contribution in [-0.2, 0) is 6.54 Å². The summed E-state index contributed by atoms with van der Waals surface area (Å²) in [7, 11) is 0. The first-order valence-electron chi connectivity index (χ1n) is 6.67. The van der Waals surface area contributed by atoms with Crippen LogP contribution in [0, 0.1) is 0 Å². The lowest BCUT2D eigenvalue weighted by molar-refractivity contribution is 0.0942. The van der Waals surface area contributed by atoms with Crippen molar-refractivity contribution in [2.45, 2.75) is 6.54 Å². The van der Waals surface area contributed by atoms with Crippen molar-refractivity contribution < 1.29 is 9.32 Å². The van der Waals surface area contributed by atoms with Crippen molar-refractivity contribution in [3.8, 4) is 11.3 Å². The number of carbonyl (C=O) groups is 1. The summed E-state index contributed by atoms with van der Waals surface area (Å²) in [5, 5.41) is 6.64. The normalized spacial score (nSPS) is 10.3. The Labute approximate surface area is 122 Å². The number of aromatic nitrogens is 1. The second kappa shape index (κ2) is 6.05. The molecule has 0 spiro atoms. The molecule has 1 heterocycles. The monoisotopic (exact) mass is 278 g/mol. The summed E-state index contributed by atoms with van der Waals surface area (Å²) >= 11 is 0. The summed E-state index contributed by atoms with van der Waals surface area (Å²) in [5.74, 6) is 0.338. The molecule has 0 aliphatic heterocycles. The minimum atomic E-state index is -0.246. The first kappa shape index (κ1) is 13.1. The van der Waals surface area contributed by atoms with E-state index >= 15 is 0 Å². The van der Waals surface area contributed by atoms with Gasteiger partial charge < -0.3 is 9.84 Å². The highest BCUT2D eigenvalue weighted by atomic mass is 16.5. The largest absolute Gasteiger partial charge is 0.355 e. The number of hydrogen-bond donors (Lipinski definition) is 1. The molecule has 1 aromatic heterocycles. The smallest absolute Gasteiger partial charge is 0.273 e. The van der Waals surface area contributed by atoms with Gasteiger partial charge in [0, 0.05) is 18.2 Å². The van der Waals surface area contributed by atoms with Gasteiger partial charge in [-0.05, 0) is 5.56 Å². The van der Waals surface area contributed by atoms with E-state index in [1.165, 1.54) is 0 Å². The fraction of sp³-hybridized carbons (Fsp3) is 0.0588. The van der Waals surface area contributed by atoms with Crippen LogP contribution in [0.15, 0.2) is 71.3 Å². The molecule has 4 nitrogen and oxygen atoms in total. The first-order chi connectivity index (χ1) is 10.3. The molecule has 0 bridgehead atoms. The van der Waals surface area contributed by atoms with Crippen LogP contribution >= 0.6 is 0 Å². The van der Waals surface area contributed by atoms with Gasteiger partial charge in [-0.2, -0.15) is 0 Å². The lowest BCUT2D eigenvalue weighted by atomic mass is 10.1. The van der Waals surface area contributed by atoms with E-state index in [-0.39, 0.29) is 11.6 Å². The molecule has 1 amide bonds. The van der Waals surface area contributed by atoms with Gasteiger partial charge in [-0.1, -0.05) is 65.8 Å². The Morgan fingerprint density at radius 1 is 1.00 bits per heavy atom. The number of carbonyl (C=O) groups excluding carboxylic acids is 1. The highest BCUT2D eigenvalue weighted by Crippen LogP contribution is 2.19. The molecule has 0 radical (unpaired) electrons. The SMILES string of the molecule is O=C(NCc1ccccc1)c1cc(-c2ccccc2)on1. The van der Waals surface area contributed by atoms with Gasteiger partial charge in [-0.3, -0.25) is 4.79 Å². The lowest BCUT2D eigenvalue weighted by Gasteiger charge is -2.02. The predicted molar refractivity (Wildman–Crippen MR) is 79.6 cm³/mol. The summed E-state index contributed by atoms with van der Waals surface area (Å²) in [4.78, 5) is 12.0. The van der Waals surface area contributed by atoms with E-state index in [1.807, 2.05) is 60.7 Å². The van der Waals surface area contributed by atoms with E-state index < -0.39 is 0 Å². The number of nitrogens with zero attached hydrogens (tertiary/aromatic N) is 1. The van der Waals surface area contributed by atoms with Gasteiger partial charge in [0.15, 0.2) is 11.5 Å². The number of nitrogens with one attached hydrogen (secondary N) is 1. The fourth-order valence-corrected chi connectivity index (χ4v) is 1.99. The molecule has 0 aliphatic carbocycles. The van der Waals surface area contributed by atoms with Crippen molar-refractivity contribution >= 4 is 5.91 Å². The molecule has 104 valence electrons. The van der Waals surface area contributed by atoms with Crippen molar-refractivity contribution in [2.24, 2.45) is 0 Å². The maximum absolute atomic E-state index is 12.0. The zero-order chi connectivity index (χ0) is 14.5. The average Bonchev–Trinajstić information content (AvgIpc) is 3.04. The van der Waals surface area contributed by atoms with Crippen LogP contribution in [0.5, 0.6) is 0 Å². The number of amides is 1. The fourth-order valence-electron chi connectivity index (χ4n) is 1.99. The minimum Gasteiger partial charge on any atom is -0.355 e. The maximum atomic E-state index is 12.0. The van der Waals surface area contributed by atoms with Gasteiger partial charge in [0.2, 0.25) is 0 Å². The van der Waals surface area contributed by atoms with Crippen LogP contribution in [0.4, 0.5) is 0 Å². The van der Waals surface area contributed by atoms with Gasteiger partial charge in [0.25, 0.3) is 5.91 Å². The molecule has 2 aromatic carbocycles. The average molecular weight is 278 g/mol. The Morgan fingerprint density at radius 3 is 2.38 bits per heavy atom. The van der Waals surface area contributed by atoms with Crippen LogP contribution in [0.1, 0.15) is 16.1 Å². The topological polar surface area (TPSA) is 55.1 Å². The van der Waals surface area contributed by atoms with Gasteiger partial charge in [0.1, 0.15) is 0 Å². The van der Waals surface area contributed by atoms with Crippen LogP contribution in [0.3, 0.4) is 0 Å². The van der Waals surface area contributed by atoms with Crippen molar-refractivity contribution in [3.05, 3.63) is 78.0 Å². The summed E-state index contributed by atoms with van der Waals surface area (Å²) in [6, 6.07) is 20.9. The van der Waals surface area contributed by atoms with Crippen LogP contribution in [-0.4, -0.2) is 11.1 Å². The number of hydrogen-bond acceptors (Lipinski definition) is 3. The molecule has 0 fully saturated rings. The molecule has 3 rings (SSSR count). The summed E-state index contributed by atoms with van der Waals surface area (Å²) in [5.41, 5.74) is 2.22. The zero-order valence-corrected chi connectivity index (χ0v) is 11.3. The molecule has 21 heavy (non-hydrogen) atoms. The third-order valence-electron chi connectivity index (χ3n) is 3.10. The molecule has 3 aromatic rings. The summed E-state index contributed by atoms with van der Waals surface area (Å²) in [6.07, 6.45) is 0. The van der Waals surface area contributed by atoms with E-state index in [0.717, 1.165) is 11.1 Å². The van der Waals surface area contributed by atoms with Crippen molar-refractivity contribution in [1.82, 2.24) is 10.5 Å². The molecule has 1 N–H and O–H groups in total. The number of benzene rings is 2. The van der Waals surface area contributed by atoms with Gasteiger partial charge in [-0.15, -0.1) is 0 Å². The molecular weight excluding hydrogens is 264 g/mol. The predicted octanol–water partition coefficient (Wildman–Crippen LogP) is 3.27. The van der Waals surface area contributed by atoms with Crippen molar-refractivity contribution in [2.75, 3.05) is 0 Å². The molecule has 0 saturated heterocycles. The Hall–Kier alpha value is -2.88. The van der Waals surface area contributed by atoms with E-state index in [2.05, 4.69) is 10.5 Å². The highest BCUT2D eigenvalue weighted by Gasteiger charge is 2.13. The minimum absolute atomic E-state index is 0.246. The molecule has 4 heteroatoms. The Balaban J connectivity index is 1.67. The standard InChI is InChI=1S/C17H14N2O2/c20-17(18-12-13-7-3-1-4-8-13)15-11-16(21-19-15)14-9-5-2-6-10-14/h1-11H,12H2,(H,18,20). The van der Waals surface area contributed by atoms with Crippen molar-refractivity contribution in [3.63, 3.8) is 0 Å². The van der Waals surface area contributed by atoms with E-state index in [0.29, 0.717) is 12.3 Å². The molecular formula is C17H14N2O2. The first-order valence-corrected chi connectivity index (χ1v) is 6.67. The second-order valence-electron chi connectivity index (χ2n) is 4.61. The Kier molecular flexibility index (Phi) is 3.78. The molecule has 0 atom stereocenters. The van der Waals surface area contributed by atoms with Crippen molar-refractivity contribution in [1.29, 1.82) is 0 Å². The lowest BCUT2D eigenvalue weighted by Crippen LogP contribution is -2.22. The quantitative estimate of drug-likeness (QED) is 0.797. The Bertz CT molecular complexity index is 721. The van der Waals surface area contributed by atoms with Crippen LogP contribution < -0.4 is 5.32 Å².